The maximum Gasteiger partial charge on any atom is 0.163 e. The fourth-order valence-corrected chi connectivity index (χ4v) is 3.86. The number of hydrogen-bond donors (Lipinski definition) is 0. The van der Waals surface area contributed by atoms with Gasteiger partial charge in [0.25, 0.3) is 0 Å². The Kier molecular flexibility index (Phi) is 2.21. The molecule has 0 radical (unpaired) electrons. The molecule has 0 spiro atoms. The van der Waals surface area contributed by atoms with Gasteiger partial charge in [-0.2, -0.15) is 0 Å². The van der Waals surface area contributed by atoms with E-state index in [4.69, 9.17) is 9.47 Å². The molecule has 0 aromatic rings. The van der Waals surface area contributed by atoms with Crippen molar-refractivity contribution in [1.29, 1.82) is 0 Å². The summed E-state index contributed by atoms with van der Waals surface area (Å²) in [7, 11) is 0. The summed E-state index contributed by atoms with van der Waals surface area (Å²) < 4.78 is 12.2. The van der Waals surface area contributed by atoms with Gasteiger partial charge in [-0.05, 0) is 46.1 Å². The third-order valence-corrected chi connectivity index (χ3v) is 4.90. The quantitative estimate of drug-likeness (QED) is 0.629. The van der Waals surface area contributed by atoms with Crippen molar-refractivity contribution in [3.8, 4) is 0 Å². The molecule has 0 bridgehead atoms. The van der Waals surface area contributed by atoms with Crippen LogP contribution in [-0.4, -0.2) is 41.5 Å². The average Bonchev–Trinajstić information content (AvgIpc) is 2.60. The summed E-state index contributed by atoms with van der Waals surface area (Å²) in [6.45, 7) is 11.1. The lowest BCUT2D eigenvalue weighted by Gasteiger charge is -2.47. The van der Waals surface area contributed by atoms with Crippen LogP contribution in [0, 0.1) is 5.92 Å². The van der Waals surface area contributed by atoms with Gasteiger partial charge in [0.15, 0.2) is 5.79 Å². The minimum absolute atomic E-state index is 0.191. The van der Waals surface area contributed by atoms with Crippen LogP contribution in [0.15, 0.2) is 0 Å². The highest BCUT2D eigenvalue weighted by atomic mass is 16.8. The smallest absolute Gasteiger partial charge is 0.163 e. The van der Waals surface area contributed by atoms with Crippen molar-refractivity contribution in [1.82, 2.24) is 4.90 Å². The number of piperidine rings is 1. The first kappa shape index (κ1) is 11.0. The highest BCUT2D eigenvalue weighted by molar-refractivity contribution is 5.11. The van der Waals surface area contributed by atoms with Gasteiger partial charge in [-0.3, -0.25) is 4.90 Å². The lowest BCUT2D eigenvalue weighted by Crippen LogP contribution is -2.56. The Morgan fingerprint density at radius 2 is 1.94 bits per heavy atom. The summed E-state index contributed by atoms with van der Waals surface area (Å²) in [5.41, 5.74) is 0.191. The van der Waals surface area contributed by atoms with Gasteiger partial charge >= 0.3 is 0 Å². The second-order valence-electron chi connectivity index (χ2n) is 6.31. The summed E-state index contributed by atoms with van der Waals surface area (Å²) >= 11 is 0. The Morgan fingerprint density at radius 3 is 2.69 bits per heavy atom. The summed E-state index contributed by atoms with van der Waals surface area (Å²) in [6.07, 6.45) is 3.18. The van der Waals surface area contributed by atoms with Gasteiger partial charge in [-0.25, -0.2) is 0 Å². The van der Waals surface area contributed by atoms with Crippen LogP contribution in [-0.2, 0) is 9.47 Å². The zero-order chi connectivity index (χ0) is 11.6. The molecule has 3 heteroatoms. The van der Waals surface area contributed by atoms with Crippen LogP contribution < -0.4 is 0 Å². The van der Waals surface area contributed by atoms with Crippen molar-refractivity contribution >= 4 is 0 Å². The average molecular weight is 225 g/mol. The number of rotatable bonds is 0. The second-order valence-corrected chi connectivity index (χ2v) is 6.31. The maximum atomic E-state index is 6.15. The molecule has 0 aromatic carbocycles. The lowest BCUT2D eigenvalue weighted by molar-refractivity contribution is -0.179. The van der Waals surface area contributed by atoms with Gasteiger partial charge in [0.05, 0.1) is 0 Å². The van der Waals surface area contributed by atoms with Gasteiger partial charge in [-0.15, -0.1) is 0 Å². The summed E-state index contributed by atoms with van der Waals surface area (Å²) in [6, 6.07) is 0. The second kappa shape index (κ2) is 3.21. The number of fused-ring (bicyclic) bond motifs is 3. The van der Waals surface area contributed by atoms with Crippen molar-refractivity contribution in [3.05, 3.63) is 0 Å². The molecule has 3 nitrogen and oxygen atoms in total. The van der Waals surface area contributed by atoms with Crippen LogP contribution >= 0.6 is 0 Å². The largest absolute Gasteiger partial charge is 0.343 e. The summed E-state index contributed by atoms with van der Waals surface area (Å²) in [5.74, 6) is 0.315. The van der Waals surface area contributed by atoms with E-state index in [0.29, 0.717) is 5.92 Å². The zero-order valence-electron chi connectivity index (χ0n) is 10.8. The van der Waals surface area contributed by atoms with Crippen LogP contribution in [0.1, 0.15) is 40.5 Å². The van der Waals surface area contributed by atoms with Crippen LogP contribution in [0.2, 0.25) is 0 Å². The lowest BCUT2D eigenvalue weighted by atomic mass is 9.77. The molecule has 0 amide bonds. The van der Waals surface area contributed by atoms with Crippen molar-refractivity contribution in [2.24, 2.45) is 5.92 Å². The van der Waals surface area contributed by atoms with Crippen LogP contribution in [0.3, 0.4) is 0 Å². The van der Waals surface area contributed by atoms with Crippen molar-refractivity contribution in [3.63, 3.8) is 0 Å². The Morgan fingerprint density at radius 1 is 1.19 bits per heavy atom. The molecular formula is C13H23NO2. The normalized spacial score (nSPS) is 51.4. The number of hydrogen-bond acceptors (Lipinski definition) is 3. The van der Waals surface area contributed by atoms with Crippen molar-refractivity contribution in [2.45, 2.75) is 64.1 Å². The van der Waals surface area contributed by atoms with Gasteiger partial charge < -0.3 is 9.47 Å². The third kappa shape index (κ3) is 1.31. The number of nitrogens with zero attached hydrogens (tertiary/aromatic N) is 1. The highest BCUT2D eigenvalue weighted by Gasteiger charge is 2.61. The van der Waals surface area contributed by atoms with Crippen molar-refractivity contribution < 1.29 is 9.47 Å². The van der Waals surface area contributed by atoms with Gasteiger partial charge in [0.1, 0.15) is 12.2 Å². The minimum atomic E-state index is -0.387. The van der Waals surface area contributed by atoms with E-state index in [-0.39, 0.29) is 23.5 Å². The zero-order valence-corrected chi connectivity index (χ0v) is 10.8. The summed E-state index contributed by atoms with van der Waals surface area (Å²) in [4.78, 5) is 2.59. The molecule has 4 atom stereocenters. The molecule has 0 aromatic heterocycles. The molecule has 0 saturated carbocycles. The topological polar surface area (TPSA) is 21.7 Å². The molecular weight excluding hydrogens is 202 g/mol. The van der Waals surface area contributed by atoms with E-state index in [1.54, 1.807) is 0 Å². The van der Waals surface area contributed by atoms with Gasteiger partial charge in [0.2, 0.25) is 0 Å². The van der Waals surface area contributed by atoms with Crippen LogP contribution in [0.25, 0.3) is 0 Å². The molecule has 0 aliphatic carbocycles. The van der Waals surface area contributed by atoms with Crippen LogP contribution in [0.5, 0.6) is 0 Å². The predicted octanol–water partition coefficient (Wildman–Crippen LogP) is 2.01. The SMILES string of the molecule is C[C@@H]1CCCN2C[C@H]3OC(C)(C)O[C@H]3[C@@]12C. The van der Waals surface area contributed by atoms with Gasteiger partial charge in [-0.1, -0.05) is 6.92 Å². The maximum absolute atomic E-state index is 6.15. The molecule has 3 saturated heterocycles. The molecule has 92 valence electrons. The van der Waals surface area contributed by atoms with Crippen LogP contribution in [0.4, 0.5) is 0 Å². The third-order valence-electron chi connectivity index (χ3n) is 4.90. The van der Waals surface area contributed by atoms with E-state index in [2.05, 4.69) is 18.7 Å². The molecule has 16 heavy (non-hydrogen) atoms. The fourth-order valence-electron chi connectivity index (χ4n) is 3.86. The Labute approximate surface area is 98.1 Å². The van der Waals surface area contributed by atoms with E-state index in [0.717, 1.165) is 6.54 Å². The molecule has 3 aliphatic rings. The summed E-state index contributed by atoms with van der Waals surface area (Å²) in [5, 5.41) is 0. The van der Waals surface area contributed by atoms with E-state index in [1.165, 1.54) is 19.4 Å². The first-order valence-corrected chi connectivity index (χ1v) is 6.54. The molecule has 0 unspecified atom stereocenters. The Bertz CT molecular complexity index is 304. The van der Waals surface area contributed by atoms with E-state index in [1.807, 2.05) is 13.8 Å². The minimum Gasteiger partial charge on any atom is -0.343 e. The molecule has 3 aliphatic heterocycles. The Hall–Kier alpha value is -0.120. The molecule has 3 fully saturated rings. The molecule has 3 heterocycles. The predicted molar refractivity (Wildman–Crippen MR) is 62.2 cm³/mol. The van der Waals surface area contributed by atoms with E-state index in [9.17, 15) is 0 Å². The first-order valence-electron chi connectivity index (χ1n) is 6.54. The fraction of sp³-hybridized carbons (Fsp3) is 1.00. The van der Waals surface area contributed by atoms with Crippen molar-refractivity contribution in [2.75, 3.05) is 13.1 Å². The molecule has 3 rings (SSSR count). The first-order chi connectivity index (χ1) is 7.43. The van der Waals surface area contributed by atoms with E-state index < -0.39 is 0 Å². The highest BCUT2D eigenvalue weighted by Crippen LogP contribution is 2.48. The number of ether oxygens (including phenoxy) is 2. The van der Waals surface area contributed by atoms with E-state index >= 15 is 0 Å². The molecule has 0 N–H and O–H groups in total. The monoisotopic (exact) mass is 225 g/mol. The Balaban J connectivity index is 1.91. The van der Waals surface area contributed by atoms with Gasteiger partial charge in [0, 0.05) is 12.1 Å². The standard InChI is InChI=1S/C13H23NO2/c1-9-6-5-7-14-8-10-11(13(9,14)4)16-12(2,3)15-10/h9-11H,5-8H2,1-4H3/t9-,10-,11-,13-/m1/s1.